The third-order valence-electron chi connectivity index (χ3n) is 6.70. The maximum absolute atomic E-state index is 13.7. The van der Waals surface area contributed by atoms with Crippen LogP contribution in [-0.2, 0) is 22.5 Å². The number of fused-ring (bicyclic) bond motifs is 1. The van der Waals surface area contributed by atoms with Crippen molar-refractivity contribution in [1.82, 2.24) is 14.8 Å². The molecule has 4 aromatic rings. The fourth-order valence-electron chi connectivity index (χ4n) is 4.49. The van der Waals surface area contributed by atoms with Crippen LogP contribution >= 0.6 is 11.8 Å². The maximum Gasteiger partial charge on any atom is 0.322 e. The summed E-state index contributed by atoms with van der Waals surface area (Å²) in [6.45, 7) is 1.50. The number of nitrogens with zero attached hydrogens (tertiary/aromatic N) is 2. The van der Waals surface area contributed by atoms with Crippen LogP contribution in [0.2, 0.25) is 0 Å². The number of aromatic nitrogens is 1. The smallest absolute Gasteiger partial charge is 0.322 e. The molecule has 9 heteroatoms. The number of H-pyrrole nitrogens is 1. The highest BCUT2D eigenvalue weighted by molar-refractivity contribution is 7.98. The van der Waals surface area contributed by atoms with Crippen molar-refractivity contribution < 1.29 is 18.7 Å². The molecule has 4 rings (SSSR count). The highest BCUT2D eigenvalue weighted by Gasteiger charge is 2.22. The summed E-state index contributed by atoms with van der Waals surface area (Å²) < 4.78 is 18.7. The lowest BCUT2D eigenvalue weighted by Gasteiger charge is -2.28. The number of anilines is 1. The average Bonchev–Trinajstić information content (AvgIpc) is 3.39. The number of hydrogen-bond donors (Lipinski definition) is 2. The molecule has 0 aliphatic rings. The molecule has 0 radical (unpaired) electrons. The van der Waals surface area contributed by atoms with Crippen LogP contribution in [0, 0.1) is 5.82 Å². The molecule has 0 aliphatic heterocycles. The Kier molecular flexibility index (Phi) is 10.6. The summed E-state index contributed by atoms with van der Waals surface area (Å²) in [5.41, 5.74) is 3.63. The summed E-state index contributed by atoms with van der Waals surface area (Å²) in [5, 5.41) is 4.03. The van der Waals surface area contributed by atoms with Crippen LogP contribution in [0.4, 0.5) is 14.9 Å². The maximum atomic E-state index is 13.7. The first-order chi connectivity index (χ1) is 19.5. The van der Waals surface area contributed by atoms with E-state index in [1.165, 1.54) is 17.0 Å². The van der Waals surface area contributed by atoms with Gasteiger partial charge in [-0.2, -0.15) is 0 Å². The SMILES string of the molecule is COCCCN(CC(=O)N(CCc1c[nH]c2ccccc12)Cc1ccc(F)cc1)C(=O)Nc1ccc(SC)cc1. The Morgan fingerprint density at radius 2 is 1.73 bits per heavy atom. The van der Waals surface area contributed by atoms with Gasteiger partial charge in [-0.05, 0) is 72.7 Å². The van der Waals surface area contributed by atoms with Crippen LogP contribution in [0.1, 0.15) is 17.5 Å². The minimum absolute atomic E-state index is 0.0898. The van der Waals surface area contributed by atoms with Gasteiger partial charge in [0, 0.05) is 61.0 Å². The number of para-hydroxylation sites is 1. The number of ether oxygens (including phenoxy) is 1. The van der Waals surface area contributed by atoms with E-state index in [0.29, 0.717) is 44.8 Å². The van der Waals surface area contributed by atoms with E-state index in [9.17, 15) is 14.0 Å². The molecule has 0 spiro atoms. The zero-order chi connectivity index (χ0) is 28.3. The summed E-state index contributed by atoms with van der Waals surface area (Å²) in [6, 6.07) is 21.4. The summed E-state index contributed by atoms with van der Waals surface area (Å²) in [6.07, 6.45) is 5.19. The van der Waals surface area contributed by atoms with Gasteiger partial charge in [0.15, 0.2) is 0 Å². The quantitative estimate of drug-likeness (QED) is 0.151. The van der Waals surface area contributed by atoms with Crippen LogP contribution < -0.4 is 5.32 Å². The second-order valence-electron chi connectivity index (χ2n) is 9.48. The number of rotatable bonds is 13. The normalized spacial score (nSPS) is 11.0. The lowest BCUT2D eigenvalue weighted by molar-refractivity contribution is -0.132. The molecule has 0 unspecified atom stereocenters. The monoisotopic (exact) mass is 562 g/mol. The molecule has 7 nitrogen and oxygen atoms in total. The van der Waals surface area contributed by atoms with E-state index in [0.717, 1.165) is 26.9 Å². The first-order valence-corrected chi connectivity index (χ1v) is 14.5. The number of urea groups is 1. The number of amides is 3. The molecule has 1 aromatic heterocycles. The van der Waals surface area contributed by atoms with E-state index in [4.69, 9.17) is 4.74 Å². The number of nitrogens with one attached hydrogen (secondary N) is 2. The average molecular weight is 563 g/mol. The van der Waals surface area contributed by atoms with Gasteiger partial charge in [0.25, 0.3) is 0 Å². The number of hydrogen-bond acceptors (Lipinski definition) is 4. The molecular weight excluding hydrogens is 527 g/mol. The number of benzene rings is 3. The van der Waals surface area contributed by atoms with E-state index in [1.807, 2.05) is 54.9 Å². The van der Waals surface area contributed by atoms with Gasteiger partial charge >= 0.3 is 6.03 Å². The van der Waals surface area contributed by atoms with Crippen LogP contribution in [0.25, 0.3) is 10.9 Å². The van der Waals surface area contributed by atoms with E-state index in [2.05, 4.69) is 16.4 Å². The lowest BCUT2D eigenvalue weighted by Crippen LogP contribution is -2.45. The predicted octanol–water partition coefficient (Wildman–Crippen LogP) is 6.17. The molecule has 3 aromatic carbocycles. The first-order valence-electron chi connectivity index (χ1n) is 13.2. The van der Waals surface area contributed by atoms with Crippen LogP contribution in [0.15, 0.2) is 83.9 Å². The van der Waals surface area contributed by atoms with Crippen molar-refractivity contribution in [3.8, 4) is 0 Å². The Morgan fingerprint density at radius 1 is 0.975 bits per heavy atom. The second-order valence-corrected chi connectivity index (χ2v) is 10.4. The topological polar surface area (TPSA) is 77.7 Å². The zero-order valence-electron chi connectivity index (χ0n) is 22.9. The van der Waals surface area contributed by atoms with Crippen molar-refractivity contribution in [2.45, 2.75) is 24.3 Å². The van der Waals surface area contributed by atoms with Gasteiger partial charge in [-0.1, -0.05) is 30.3 Å². The summed E-state index contributed by atoms with van der Waals surface area (Å²) in [5.74, 6) is -0.513. The number of thioether (sulfide) groups is 1. The largest absolute Gasteiger partial charge is 0.385 e. The fourth-order valence-corrected chi connectivity index (χ4v) is 4.90. The number of carbonyl (C=O) groups is 2. The van der Waals surface area contributed by atoms with E-state index >= 15 is 0 Å². The molecule has 1 heterocycles. The summed E-state index contributed by atoms with van der Waals surface area (Å²) in [7, 11) is 1.61. The summed E-state index contributed by atoms with van der Waals surface area (Å²) >= 11 is 1.62. The third kappa shape index (κ3) is 8.09. The molecule has 40 heavy (non-hydrogen) atoms. The van der Waals surface area contributed by atoms with Crippen molar-refractivity contribution in [2.24, 2.45) is 0 Å². The molecule has 0 saturated carbocycles. The van der Waals surface area contributed by atoms with Crippen molar-refractivity contribution in [3.63, 3.8) is 0 Å². The molecule has 0 aliphatic carbocycles. The van der Waals surface area contributed by atoms with Crippen molar-refractivity contribution in [3.05, 3.63) is 95.9 Å². The standard InChI is InChI=1S/C31H35FN4O3S/c1-39-19-5-17-36(31(38)34-26-12-14-27(40-2)15-13-26)22-30(37)35(21-23-8-10-25(32)11-9-23)18-16-24-20-33-29-7-4-3-6-28(24)29/h3-4,6-15,20,33H,5,16-19,21-22H2,1-2H3,(H,34,38). The molecule has 0 atom stereocenters. The lowest BCUT2D eigenvalue weighted by atomic mass is 10.1. The van der Waals surface area contributed by atoms with Crippen LogP contribution in [0.3, 0.4) is 0 Å². The molecule has 0 fully saturated rings. The van der Waals surface area contributed by atoms with Crippen LogP contribution in [0.5, 0.6) is 0 Å². The van der Waals surface area contributed by atoms with Gasteiger partial charge in [0.2, 0.25) is 5.91 Å². The third-order valence-corrected chi connectivity index (χ3v) is 7.44. The van der Waals surface area contributed by atoms with Crippen molar-refractivity contribution in [1.29, 1.82) is 0 Å². The fraction of sp³-hybridized carbons (Fsp3) is 0.290. The second kappa shape index (κ2) is 14.5. The van der Waals surface area contributed by atoms with Crippen molar-refractivity contribution >= 4 is 40.3 Å². The molecule has 0 saturated heterocycles. The Hall–Kier alpha value is -3.82. The first kappa shape index (κ1) is 29.2. The highest BCUT2D eigenvalue weighted by Crippen LogP contribution is 2.20. The Morgan fingerprint density at radius 3 is 2.45 bits per heavy atom. The van der Waals surface area contributed by atoms with Gasteiger partial charge in [0.1, 0.15) is 12.4 Å². The number of aromatic amines is 1. The molecule has 2 N–H and O–H groups in total. The Balaban J connectivity index is 1.50. The molecular formula is C31H35FN4O3S. The predicted molar refractivity (Wildman–Crippen MR) is 159 cm³/mol. The van der Waals surface area contributed by atoms with Crippen LogP contribution in [-0.4, -0.2) is 66.3 Å². The van der Waals surface area contributed by atoms with Gasteiger partial charge in [0.05, 0.1) is 0 Å². The van der Waals surface area contributed by atoms with Gasteiger partial charge < -0.3 is 24.8 Å². The summed E-state index contributed by atoms with van der Waals surface area (Å²) in [4.78, 5) is 34.6. The number of methoxy groups -OCH3 is 1. The van der Waals surface area contributed by atoms with Crippen molar-refractivity contribution in [2.75, 3.05) is 44.9 Å². The molecule has 3 amide bonds. The minimum Gasteiger partial charge on any atom is -0.385 e. The van der Waals surface area contributed by atoms with E-state index < -0.39 is 0 Å². The number of halogens is 1. The molecule has 0 bridgehead atoms. The number of carbonyl (C=O) groups excluding carboxylic acids is 2. The van der Waals surface area contributed by atoms with Gasteiger partial charge in [-0.15, -0.1) is 11.8 Å². The highest BCUT2D eigenvalue weighted by atomic mass is 32.2. The molecule has 210 valence electrons. The van der Waals surface area contributed by atoms with Gasteiger partial charge in [-0.25, -0.2) is 9.18 Å². The van der Waals surface area contributed by atoms with Gasteiger partial charge in [-0.3, -0.25) is 4.79 Å². The Bertz CT molecular complexity index is 1390. The minimum atomic E-state index is -0.347. The van der Waals surface area contributed by atoms with E-state index in [-0.39, 0.29) is 24.3 Å². The van der Waals surface area contributed by atoms with E-state index in [1.54, 1.807) is 35.9 Å². The zero-order valence-corrected chi connectivity index (χ0v) is 23.7. The Labute approximate surface area is 238 Å².